The van der Waals surface area contributed by atoms with Crippen molar-refractivity contribution in [2.45, 2.75) is 199 Å². The number of nitrogens with zero attached hydrogens (tertiary/aromatic N) is 1. The Bertz CT molecular complexity index is 1420. The molecule has 8 nitrogen and oxygen atoms in total. The molecule has 0 aliphatic rings. The van der Waals surface area contributed by atoms with Crippen LogP contribution in [0.2, 0.25) is 0 Å². The van der Waals surface area contributed by atoms with Crippen LogP contribution in [0, 0.1) is 0 Å². The molecule has 3 unspecified atom stereocenters. The van der Waals surface area contributed by atoms with Gasteiger partial charge in [0.05, 0.1) is 39.9 Å². The molecule has 372 valence electrons. The number of aliphatic hydroxyl groups excluding tert-OH is 1. The summed E-state index contributed by atoms with van der Waals surface area (Å²) in [6.07, 6.45) is 67.4. The third-order valence-corrected chi connectivity index (χ3v) is 11.7. The number of likely N-dealkylation sites (N-methyl/N-ethyl adjacent to an activating group) is 1. The molecule has 0 spiro atoms. The van der Waals surface area contributed by atoms with Gasteiger partial charge in [0.15, 0.2) is 0 Å². The lowest BCUT2D eigenvalue weighted by Gasteiger charge is -2.29. The normalized spacial score (nSPS) is 15.0. The number of hydrogen-bond acceptors (Lipinski definition) is 6. The number of quaternary nitrogens is 1. The van der Waals surface area contributed by atoms with Crippen molar-refractivity contribution >= 4 is 13.7 Å². The molecule has 0 aliphatic carbocycles. The molecule has 1 amide bonds. The molecule has 0 rings (SSSR count). The first-order valence-electron chi connectivity index (χ1n) is 25.7. The van der Waals surface area contributed by atoms with Gasteiger partial charge in [-0.25, -0.2) is 0 Å². The van der Waals surface area contributed by atoms with Crippen molar-refractivity contribution in [2.24, 2.45) is 0 Å². The third kappa shape index (κ3) is 48.9. The first-order chi connectivity index (χ1) is 31.5. The quantitative estimate of drug-likeness (QED) is 0.0273. The predicted molar refractivity (Wildman–Crippen MR) is 279 cm³/mol. The fraction of sp³-hybridized carbons (Fsp3) is 0.661. The number of rotatable bonds is 45. The number of phosphoric ester groups is 1. The van der Waals surface area contributed by atoms with Crippen molar-refractivity contribution in [1.82, 2.24) is 5.32 Å². The lowest BCUT2D eigenvalue weighted by molar-refractivity contribution is -0.870. The monoisotopic (exact) mass is 925 g/mol. The molecule has 0 aromatic rings. The summed E-state index contributed by atoms with van der Waals surface area (Å²) < 4.78 is 23.2. The van der Waals surface area contributed by atoms with Crippen molar-refractivity contribution in [2.75, 3.05) is 40.9 Å². The molecule has 3 atom stereocenters. The summed E-state index contributed by atoms with van der Waals surface area (Å²) in [7, 11) is 1.22. The highest BCUT2D eigenvalue weighted by molar-refractivity contribution is 7.45. The Labute approximate surface area is 400 Å². The van der Waals surface area contributed by atoms with Gasteiger partial charge in [0.1, 0.15) is 13.2 Å². The maximum Gasteiger partial charge on any atom is 0.268 e. The zero-order valence-electron chi connectivity index (χ0n) is 42.1. The van der Waals surface area contributed by atoms with Crippen molar-refractivity contribution in [3.63, 3.8) is 0 Å². The zero-order valence-corrected chi connectivity index (χ0v) is 43.0. The average Bonchev–Trinajstić information content (AvgIpc) is 3.26. The second-order valence-corrected chi connectivity index (χ2v) is 19.5. The van der Waals surface area contributed by atoms with E-state index < -0.39 is 26.6 Å². The minimum absolute atomic E-state index is 0.0123. The largest absolute Gasteiger partial charge is 0.756 e. The molecule has 9 heteroatoms. The van der Waals surface area contributed by atoms with Crippen LogP contribution in [0.5, 0.6) is 0 Å². The highest BCUT2D eigenvalue weighted by Gasteiger charge is 2.23. The van der Waals surface area contributed by atoms with Gasteiger partial charge in [0, 0.05) is 6.42 Å². The van der Waals surface area contributed by atoms with Gasteiger partial charge in [0.25, 0.3) is 7.82 Å². The molecule has 0 saturated carbocycles. The summed E-state index contributed by atoms with van der Waals surface area (Å²) in [4.78, 5) is 25.3. The van der Waals surface area contributed by atoms with Crippen LogP contribution >= 0.6 is 7.82 Å². The van der Waals surface area contributed by atoms with E-state index in [1.54, 1.807) is 6.08 Å². The zero-order chi connectivity index (χ0) is 47.8. The van der Waals surface area contributed by atoms with Crippen molar-refractivity contribution < 1.29 is 32.9 Å². The third-order valence-electron chi connectivity index (χ3n) is 10.7. The first-order valence-corrected chi connectivity index (χ1v) is 27.2. The fourth-order valence-electron chi connectivity index (χ4n) is 6.68. The van der Waals surface area contributed by atoms with Crippen LogP contribution in [-0.4, -0.2) is 68.5 Å². The van der Waals surface area contributed by atoms with E-state index in [0.29, 0.717) is 17.4 Å². The fourth-order valence-corrected chi connectivity index (χ4v) is 7.40. The van der Waals surface area contributed by atoms with E-state index in [1.807, 2.05) is 27.2 Å². The summed E-state index contributed by atoms with van der Waals surface area (Å²) in [5.74, 6) is -0.218. The SMILES string of the molecule is CC/C=C\C/C=C\C/C=C\C/C=C\C/C=C\C/C=C\C/C=C\CCCCCCCCCCCCCC(=O)NC(COP(=O)([O-])OCC[N+](C)(C)C)C(O)/C=C/CC/C=C/CCCCCC. The van der Waals surface area contributed by atoms with Crippen molar-refractivity contribution in [3.8, 4) is 0 Å². The van der Waals surface area contributed by atoms with Crippen LogP contribution in [0.3, 0.4) is 0 Å². The molecule has 0 heterocycles. The van der Waals surface area contributed by atoms with Gasteiger partial charge < -0.3 is 28.8 Å². The van der Waals surface area contributed by atoms with Gasteiger partial charge in [-0.2, -0.15) is 0 Å². The molecular formula is C56H97N2O6P. The van der Waals surface area contributed by atoms with E-state index in [2.05, 4.69) is 116 Å². The summed E-state index contributed by atoms with van der Waals surface area (Å²) >= 11 is 0. The average molecular weight is 925 g/mol. The van der Waals surface area contributed by atoms with Crippen LogP contribution in [0.1, 0.15) is 187 Å². The summed E-state index contributed by atoms with van der Waals surface area (Å²) in [5, 5.41) is 13.7. The molecule has 0 aliphatic heterocycles. The van der Waals surface area contributed by atoms with Crippen LogP contribution in [0.25, 0.3) is 0 Å². The number of carbonyl (C=O) groups is 1. The first kappa shape index (κ1) is 62.2. The summed E-state index contributed by atoms with van der Waals surface area (Å²) in [6.45, 7) is 4.45. The van der Waals surface area contributed by atoms with Gasteiger partial charge in [-0.3, -0.25) is 9.36 Å². The molecule has 65 heavy (non-hydrogen) atoms. The van der Waals surface area contributed by atoms with Gasteiger partial charge >= 0.3 is 0 Å². The second kappa shape index (κ2) is 46.3. The maximum absolute atomic E-state index is 12.9. The molecule has 0 aromatic carbocycles. The molecule has 0 aromatic heterocycles. The molecule has 0 bridgehead atoms. The highest BCUT2D eigenvalue weighted by Crippen LogP contribution is 2.38. The number of allylic oxidation sites excluding steroid dienone is 17. The maximum atomic E-state index is 12.9. The lowest BCUT2D eigenvalue weighted by atomic mass is 10.0. The predicted octanol–water partition coefficient (Wildman–Crippen LogP) is 14.6. The van der Waals surface area contributed by atoms with Crippen LogP contribution in [-0.2, 0) is 18.4 Å². The van der Waals surface area contributed by atoms with Gasteiger partial charge in [0.2, 0.25) is 5.91 Å². The van der Waals surface area contributed by atoms with E-state index in [9.17, 15) is 19.4 Å². The Hall–Kier alpha value is -2.84. The lowest BCUT2D eigenvalue weighted by Crippen LogP contribution is -2.45. The number of hydrogen-bond donors (Lipinski definition) is 2. The number of unbranched alkanes of at least 4 members (excludes halogenated alkanes) is 16. The van der Waals surface area contributed by atoms with E-state index in [-0.39, 0.29) is 12.5 Å². The Kier molecular flexibility index (Phi) is 44.3. The second-order valence-electron chi connectivity index (χ2n) is 18.1. The Balaban J connectivity index is 4.12. The Morgan fingerprint density at radius 2 is 0.954 bits per heavy atom. The Morgan fingerprint density at radius 1 is 0.554 bits per heavy atom. The number of carbonyl (C=O) groups excluding carboxylic acids is 1. The highest BCUT2D eigenvalue weighted by atomic mass is 31.2. The number of nitrogens with one attached hydrogen (secondary N) is 1. The number of phosphoric acid groups is 1. The topological polar surface area (TPSA) is 108 Å². The molecule has 0 saturated heterocycles. The van der Waals surface area contributed by atoms with Crippen LogP contribution in [0.4, 0.5) is 0 Å². The van der Waals surface area contributed by atoms with Crippen molar-refractivity contribution in [1.29, 1.82) is 0 Å². The molecule has 0 fully saturated rings. The number of aliphatic hydroxyl groups is 1. The van der Waals surface area contributed by atoms with E-state index in [0.717, 1.165) is 83.5 Å². The molecular weight excluding hydrogens is 828 g/mol. The van der Waals surface area contributed by atoms with Gasteiger partial charge in [-0.15, -0.1) is 0 Å². The smallest absolute Gasteiger partial charge is 0.268 e. The van der Waals surface area contributed by atoms with E-state index in [1.165, 1.54) is 83.5 Å². The number of amides is 1. The van der Waals surface area contributed by atoms with Gasteiger partial charge in [-0.1, -0.05) is 200 Å². The van der Waals surface area contributed by atoms with Gasteiger partial charge in [-0.05, 0) is 89.9 Å². The van der Waals surface area contributed by atoms with E-state index >= 15 is 0 Å². The molecule has 2 N–H and O–H groups in total. The minimum Gasteiger partial charge on any atom is -0.756 e. The standard InChI is InChI=1S/C56H97N2O6P/c1-6-8-10-12-14-16-18-19-20-21-22-23-24-25-26-27-28-29-30-31-32-33-34-35-36-37-38-39-40-42-44-46-48-50-56(60)57-54(53-64-65(61,62)63-52-51-58(3,4)5)55(59)49-47-45-43-41-17-15-13-11-9-7-2/h8,10,14,16-17,19-20,22-23,25-26,28-29,31-32,41,47,49,54-55,59H,6-7,9,11-13,15,18,21,24,27,30,33-40,42-46,48,50-53H2,1-5H3,(H-,57,60,61,62)/b10-8-,16-14-,20-19-,23-22-,26-25-,29-28-,32-31-,41-17+,49-47+. The van der Waals surface area contributed by atoms with E-state index in [4.69, 9.17) is 9.05 Å². The molecule has 0 radical (unpaired) electrons. The summed E-state index contributed by atoms with van der Waals surface area (Å²) in [5.41, 5.74) is 0. The van der Waals surface area contributed by atoms with Crippen molar-refractivity contribution in [3.05, 3.63) is 109 Å². The van der Waals surface area contributed by atoms with Crippen LogP contribution in [0.15, 0.2) is 109 Å². The summed E-state index contributed by atoms with van der Waals surface area (Å²) in [6, 6.07) is -0.910. The Morgan fingerprint density at radius 3 is 1.43 bits per heavy atom. The van der Waals surface area contributed by atoms with Crippen LogP contribution < -0.4 is 10.2 Å². The minimum atomic E-state index is -4.60.